The predicted octanol–water partition coefficient (Wildman–Crippen LogP) is 2.13. The van der Waals surface area contributed by atoms with Crippen LogP contribution in [0.3, 0.4) is 0 Å². The maximum absolute atomic E-state index is 9.89. The van der Waals surface area contributed by atoms with Crippen molar-refractivity contribution in [3.63, 3.8) is 0 Å². The fourth-order valence-corrected chi connectivity index (χ4v) is 2.20. The third-order valence-corrected chi connectivity index (χ3v) is 3.22. The van der Waals surface area contributed by atoms with E-state index in [-0.39, 0.29) is 6.42 Å². The fraction of sp³-hybridized carbons (Fsp3) is 0.167. The summed E-state index contributed by atoms with van der Waals surface area (Å²) >= 11 is 1.35. The van der Waals surface area contributed by atoms with Crippen molar-refractivity contribution in [1.82, 2.24) is 0 Å². The zero-order chi connectivity index (χ0) is 10.7. The van der Waals surface area contributed by atoms with Crippen molar-refractivity contribution in [2.75, 3.05) is 0 Å². The molecule has 0 spiro atoms. The van der Waals surface area contributed by atoms with Crippen LogP contribution in [0, 0.1) is 0 Å². The van der Waals surface area contributed by atoms with E-state index >= 15 is 0 Å². The lowest BCUT2D eigenvalue weighted by Gasteiger charge is -2.20. The number of hydrogen-bond acceptors (Lipinski definition) is 3. The van der Waals surface area contributed by atoms with Crippen LogP contribution in [0.15, 0.2) is 47.8 Å². The quantitative estimate of drug-likeness (QED) is 0.778. The molecule has 2 nitrogen and oxygen atoms in total. The van der Waals surface area contributed by atoms with Crippen molar-refractivity contribution in [2.45, 2.75) is 12.2 Å². The van der Waals surface area contributed by atoms with E-state index in [1.807, 2.05) is 41.8 Å². The Morgan fingerprint density at radius 3 is 2.33 bits per heavy atom. The molecule has 1 heterocycles. The lowest BCUT2D eigenvalue weighted by molar-refractivity contribution is -0.165. The van der Waals surface area contributed by atoms with E-state index in [0.29, 0.717) is 4.88 Å². The first kappa shape index (κ1) is 10.4. The summed E-state index contributed by atoms with van der Waals surface area (Å²) in [6.45, 7) is 0. The Morgan fingerprint density at radius 1 is 1.00 bits per heavy atom. The van der Waals surface area contributed by atoms with Gasteiger partial charge in [-0.3, -0.25) is 0 Å². The number of benzene rings is 1. The monoisotopic (exact) mass is 220 g/mol. The van der Waals surface area contributed by atoms with Crippen LogP contribution in [-0.4, -0.2) is 10.2 Å². The van der Waals surface area contributed by atoms with Crippen LogP contribution in [0.5, 0.6) is 0 Å². The van der Waals surface area contributed by atoms with E-state index < -0.39 is 5.79 Å². The molecule has 2 N–H and O–H groups in total. The molecule has 0 aliphatic carbocycles. The first-order chi connectivity index (χ1) is 7.18. The Kier molecular flexibility index (Phi) is 2.86. The van der Waals surface area contributed by atoms with Gasteiger partial charge in [0, 0.05) is 6.42 Å². The summed E-state index contributed by atoms with van der Waals surface area (Å²) in [4.78, 5) is 0.575. The molecule has 3 heteroatoms. The van der Waals surface area contributed by atoms with Crippen LogP contribution in [0.1, 0.15) is 10.4 Å². The van der Waals surface area contributed by atoms with Crippen molar-refractivity contribution in [3.8, 4) is 0 Å². The smallest absolute Gasteiger partial charge is 0.203 e. The van der Waals surface area contributed by atoms with Gasteiger partial charge in [0.05, 0.1) is 4.88 Å². The van der Waals surface area contributed by atoms with Crippen molar-refractivity contribution in [2.24, 2.45) is 0 Å². The molecular formula is C12H12O2S. The highest BCUT2D eigenvalue weighted by molar-refractivity contribution is 7.10. The summed E-state index contributed by atoms with van der Waals surface area (Å²) in [5.41, 5.74) is 0.913. The summed E-state index contributed by atoms with van der Waals surface area (Å²) in [6, 6.07) is 13.0. The van der Waals surface area contributed by atoms with Gasteiger partial charge in [-0.25, -0.2) is 0 Å². The largest absolute Gasteiger partial charge is 0.361 e. The normalized spacial score (nSPS) is 11.6. The molecule has 1 aromatic carbocycles. The van der Waals surface area contributed by atoms with Gasteiger partial charge in [0.1, 0.15) is 0 Å². The highest BCUT2D eigenvalue weighted by Crippen LogP contribution is 2.26. The molecule has 0 radical (unpaired) electrons. The van der Waals surface area contributed by atoms with E-state index in [4.69, 9.17) is 0 Å². The van der Waals surface area contributed by atoms with Crippen LogP contribution < -0.4 is 0 Å². The SMILES string of the molecule is OC(O)(Cc1ccccc1)c1cccs1. The van der Waals surface area contributed by atoms with Crippen molar-refractivity contribution < 1.29 is 10.2 Å². The van der Waals surface area contributed by atoms with Crippen molar-refractivity contribution in [3.05, 3.63) is 58.3 Å². The van der Waals surface area contributed by atoms with Gasteiger partial charge < -0.3 is 10.2 Å². The molecule has 0 saturated heterocycles. The van der Waals surface area contributed by atoms with Gasteiger partial charge in [0.25, 0.3) is 0 Å². The molecular weight excluding hydrogens is 208 g/mol. The Balaban J connectivity index is 2.18. The maximum atomic E-state index is 9.89. The van der Waals surface area contributed by atoms with E-state index in [1.165, 1.54) is 11.3 Å². The van der Waals surface area contributed by atoms with Gasteiger partial charge in [-0.2, -0.15) is 0 Å². The molecule has 78 valence electrons. The minimum Gasteiger partial charge on any atom is -0.361 e. The molecule has 0 bridgehead atoms. The maximum Gasteiger partial charge on any atom is 0.203 e. The Bertz CT molecular complexity index is 406. The standard InChI is InChI=1S/C12H12O2S/c13-12(14,11-7-4-8-15-11)9-10-5-2-1-3-6-10/h1-8,13-14H,9H2. The first-order valence-electron chi connectivity index (χ1n) is 4.71. The van der Waals surface area contributed by atoms with E-state index in [9.17, 15) is 10.2 Å². The molecule has 0 unspecified atom stereocenters. The third-order valence-electron chi connectivity index (χ3n) is 2.21. The Morgan fingerprint density at radius 2 is 1.73 bits per heavy atom. The highest BCUT2D eigenvalue weighted by atomic mass is 32.1. The Hall–Kier alpha value is -1.16. The lowest BCUT2D eigenvalue weighted by atomic mass is 10.0. The second-order valence-corrected chi connectivity index (χ2v) is 4.40. The summed E-state index contributed by atoms with van der Waals surface area (Å²) in [7, 11) is 0. The van der Waals surface area contributed by atoms with Gasteiger partial charge in [-0.05, 0) is 17.0 Å². The van der Waals surface area contributed by atoms with Crippen LogP contribution in [0.25, 0.3) is 0 Å². The fourth-order valence-electron chi connectivity index (χ4n) is 1.47. The van der Waals surface area contributed by atoms with Crippen LogP contribution >= 0.6 is 11.3 Å². The number of aliphatic hydroxyl groups is 2. The lowest BCUT2D eigenvalue weighted by Crippen LogP contribution is -2.26. The Labute approximate surface area is 92.4 Å². The zero-order valence-electron chi connectivity index (χ0n) is 8.13. The molecule has 2 rings (SSSR count). The van der Waals surface area contributed by atoms with Crippen molar-refractivity contribution in [1.29, 1.82) is 0 Å². The molecule has 0 fully saturated rings. The number of thiophene rings is 1. The number of rotatable bonds is 3. The molecule has 15 heavy (non-hydrogen) atoms. The van der Waals surface area contributed by atoms with Crippen LogP contribution in [0.2, 0.25) is 0 Å². The summed E-state index contributed by atoms with van der Waals surface area (Å²) in [6.07, 6.45) is 0.217. The van der Waals surface area contributed by atoms with Gasteiger partial charge in [-0.1, -0.05) is 36.4 Å². The van der Waals surface area contributed by atoms with Crippen molar-refractivity contribution >= 4 is 11.3 Å². The molecule has 0 saturated carbocycles. The van der Waals surface area contributed by atoms with Gasteiger partial charge >= 0.3 is 0 Å². The average Bonchev–Trinajstić information content (AvgIpc) is 2.71. The molecule has 0 amide bonds. The van der Waals surface area contributed by atoms with E-state index in [2.05, 4.69) is 0 Å². The van der Waals surface area contributed by atoms with Crippen LogP contribution in [-0.2, 0) is 12.2 Å². The second-order valence-electron chi connectivity index (χ2n) is 3.46. The molecule has 0 atom stereocenters. The van der Waals surface area contributed by atoms with Crippen LogP contribution in [0.4, 0.5) is 0 Å². The third kappa shape index (κ3) is 2.45. The molecule has 2 aromatic rings. The van der Waals surface area contributed by atoms with Gasteiger partial charge in [0.2, 0.25) is 5.79 Å². The van der Waals surface area contributed by atoms with Gasteiger partial charge in [0.15, 0.2) is 0 Å². The zero-order valence-corrected chi connectivity index (χ0v) is 8.95. The molecule has 1 aromatic heterocycles. The minimum absolute atomic E-state index is 0.217. The topological polar surface area (TPSA) is 40.5 Å². The highest BCUT2D eigenvalue weighted by Gasteiger charge is 2.26. The number of hydrogen-bond donors (Lipinski definition) is 2. The molecule has 0 aliphatic rings. The van der Waals surface area contributed by atoms with E-state index in [0.717, 1.165) is 5.56 Å². The summed E-state index contributed by atoms with van der Waals surface area (Å²) in [5.74, 6) is -1.75. The molecule has 0 aliphatic heterocycles. The summed E-state index contributed by atoms with van der Waals surface area (Å²) < 4.78 is 0. The summed E-state index contributed by atoms with van der Waals surface area (Å²) in [5, 5.41) is 21.6. The van der Waals surface area contributed by atoms with E-state index in [1.54, 1.807) is 6.07 Å². The predicted molar refractivity (Wildman–Crippen MR) is 60.6 cm³/mol. The average molecular weight is 220 g/mol. The minimum atomic E-state index is -1.75. The first-order valence-corrected chi connectivity index (χ1v) is 5.59. The second kappa shape index (κ2) is 4.14. The van der Waals surface area contributed by atoms with Gasteiger partial charge in [-0.15, -0.1) is 11.3 Å².